The molecule has 0 bridgehead atoms. The van der Waals surface area contributed by atoms with Gasteiger partial charge in [-0.15, -0.1) is 0 Å². The van der Waals surface area contributed by atoms with Crippen molar-refractivity contribution in [3.05, 3.63) is 37.3 Å². The number of benzene rings is 1. The van der Waals surface area contributed by atoms with Crippen molar-refractivity contribution < 1.29 is 0 Å². The van der Waals surface area contributed by atoms with E-state index in [2.05, 4.69) is 42.2 Å². The van der Waals surface area contributed by atoms with E-state index in [1.807, 2.05) is 0 Å². The fourth-order valence-corrected chi connectivity index (χ4v) is 1.83. The van der Waals surface area contributed by atoms with Gasteiger partial charge in [0.1, 0.15) is 0 Å². The highest BCUT2D eigenvalue weighted by Gasteiger charge is 2.15. The van der Waals surface area contributed by atoms with E-state index >= 15 is 0 Å². The predicted octanol–water partition coefficient (Wildman–Crippen LogP) is 2.74. The molecule has 0 N–H and O–H groups in total. The van der Waals surface area contributed by atoms with Crippen LogP contribution in [0.2, 0.25) is 0 Å². The van der Waals surface area contributed by atoms with Crippen LogP contribution in [0.3, 0.4) is 0 Å². The Morgan fingerprint density at radius 3 is 2.31 bits per heavy atom. The molecule has 1 saturated heterocycles. The first-order valence-corrected chi connectivity index (χ1v) is 4.99. The van der Waals surface area contributed by atoms with Crippen molar-refractivity contribution in [2.45, 2.75) is 12.8 Å². The van der Waals surface area contributed by atoms with Gasteiger partial charge in [0.25, 0.3) is 0 Å². The summed E-state index contributed by atoms with van der Waals surface area (Å²) in [4.78, 5) is 2.45. The minimum absolute atomic E-state index is 0.667. The summed E-state index contributed by atoms with van der Waals surface area (Å²) in [5.74, 6) is 0.667. The summed E-state index contributed by atoms with van der Waals surface area (Å²) in [5, 5.41) is 0. The van der Waals surface area contributed by atoms with Crippen LogP contribution < -0.4 is 4.90 Å². The highest BCUT2D eigenvalue weighted by molar-refractivity contribution is 5.46. The fraction of sp³-hybridized carbons (Fsp3) is 0.417. The van der Waals surface area contributed by atoms with Crippen molar-refractivity contribution >= 4 is 5.69 Å². The monoisotopic (exact) mass is 174 g/mol. The van der Waals surface area contributed by atoms with E-state index in [0.29, 0.717) is 5.92 Å². The normalized spacial score (nSPS) is 19.0. The standard InChI is InChI=1S/C12H16N/c1-11-7-9-13(10-8-11)12-5-3-2-4-6-12/h2-6,11H,1,7-10H2. The van der Waals surface area contributed by atoms with Crippen LogP contribution in [-0.4, -0.2) is 13.1 Å². The molecule has 0 unspecified atom stereocenters. The molecule has 1 aliphatic heterocycles. The van der Waals surface area contributed by atoms with Crippen LogP contribution in [0.15, 0.2) is 30.3 Å². The van der Waals surface area contributed by atoms with Gasteiger partial charge in [-0.3, -0.25) is 0 Å². The van der Waals surface area contributed by atoms with Gasteiger partial charge in [0, 0.05) is 18.8 Å². The quantitative estimate of drug-likeness (QED) is 0.632. The molecular weight excluding hydrogens is 158 g/mol. The first-order chi connectivity index (χ1) is 6.36. The van der Waals surface area contributed by atoms with E-state index in [-0.39, 0.29) is 0 Å². The molecule has 2 rings (SSSR count). The predicted molar refractivity (Wildman–Crippen MR) is 56.7 cm³/mol. The minimum Gasteiger partial charge on any atom is -0.372 e. The molecule has 0 aromatic heterocycles. The molecule has 1 nitrogen and oxygen atoms in total. The number of anilines is 1. The van der Waals surface area contributed by atoms with Gasteiger partial charge in [0.15, 0.2) is 0 Å². The minimum atomic E-state index is 0.667. The largest absolute Gasteiger partial charge is 0.372 e. The average Bonchev–Trinajstić information content (AvgIpc) is 2.20. The van der Waals surface area contributed by atoms with Crippen LogP contribution in [0.5, 0.6) is 0 Å². The Bertz CT molecular complexity index is 247. The molecule has 1 aromatic rings. The van der Waals surface area contributed by atoms with Crippen molar-refractivity contribution in [3.63, 3.8) is 0 Å². The van der Waals surface area contributed by atoms with Crippen LogP contribution in [0.4, 0.5) is 5.69 Å². The van der Waals surface area contributed by atoms with E-state index in [9.17, 15) is 0 Å². The van der Waals surface area contributed by atoms with Crippen molar-refractivity contribution in [1.29, 1.82) is 0 Å². The van der Waals surface area contributed by atoms with Gasteiger partial charge in [-0.05, 0) is 30.9 Å². The third-order valence-corrected chi connectivity index (χ3v) is 2.74. The Balaban J connectivity index is 2.03. The highest BCUT2D eigenvalue weighted by Crippen LogP contribution is 2.21. The first-order valence-electron chi connectivity index (χ1n) is 4.99. The number of nitrogens with zero attached hydrogens (tertiary/aromatic N) is 1. The summed E-state index contributed by atoms with van der Waals surface area (Å²) in [6, 6.07) is 10.6. The first kappa shape index (κ1) is 8.61. The maximum absolute atomic E-state index is 4.10. The molecular formula is C12H16N. The maximum atomic E-state index is 4.10. The van der Waals surface area contributed by atoms with Gasteiger partial charge in [-0.1, -0.05) is 25.1 Å². The highest BCUT2D eigenvalue weighted by atomic mass is 15.1. The smallest absolute Gasteiger partial charge is 0.0366 e. The zero-order valence-electron chi connectivity index (χ0n) is 7.95. The number of hydrogen-bond donors (Lipinski definition) is 0. The Labute approximate surface area is 80.4 Å². The average molecular weight is 174 g/mol. The second kappa shape index (κ2) is 3.82. The summed E-state index contributed by atoms with van der Waals surface area (Å²) in [5.41, 5.74) is 1.36. The molecule has 1 radical (unpaired) electrons. The number of hydrogen-bond acceptors (Lipinski definition) is 1. The van der Waals surface area contributed by atoms with Crippen LogP contribution in [-0.2, 0) is 0 Å². The Morgan fingerprint density at radius 2 is 1.69 bits per heavy atom. The van der Waals surface area contributed by atoms with Crippen molar-refractivity contribution in [2.24, 2.45) is 5.92 Å². The van der Waals surface area contributed by atoms with Crippen molar-refractivity contribution in [1.82, 2.24) is 0 Å². The molecule has 1 heterocycles. The third kappa shape index (κ3) is 2.03. The van der Waals surface area contributed by atoms with E-state index in [0.717, 1.165) is 13.1 Å². The molecule has 1 heteroatoms. The molecule has 1 aliphatic rings. The molecule has 0 aliphatic carbocycles. The lowest BCUT2D eigenvalue weighted by Crippen LogP contribution is -2.32. The molecule has 1 fully saturated rings. The molecule has 13 heavy (non-hydrogen) atoms. The molecule has 0 saturated carbocycles. The lowest BCUT2D eigenvalue weighted by atomic mass is 9.99. The zero-order valence-corrected chi connectivity index (χ0v) is 7.95. The van der Waals surface area contributed by atoms with Gasteiger partial charge in [-0.25, -0.2) is 0 Å². The molecule has 0 spiro atoms. The van der Waals surface area contributed by atoms with Crippen LogP contribution >= 0.6 is 0 Å². The summed E-state index contributed by atoms with van der Waals surface area (Å²) in [6.07, 6.45) is 2.46. The molecule has 1 aromatic carbocycles. The SMILES string of the molecule is [CH2]C1CCN(c2ccccc2)CC1. The van der Waals surface area contributed by atoms with E-state index in [4.69, 9.17) is 0 Å². The fourth-order valence-electron chi connectivity index (χ4n) is 1.83. The Hall–Kier alpha value is -0.980. The summed E-state index contributed by atoms with van der Waals surface area (Å²) in [6.45, 7) is 6.43. The van der Waals surface area contributed by atoms with Crippen LogP contribution in [0, 0.1) is 12.8 Å². The van der Waals surface area contributed by atoms with E-state index in [1.165, 1.54) is 18.5 Å². The molecule has 69 valence electrons. The second-order valence-electron chi connectivity index (χ2n) is 3.77. The van der Waals surface area contributed by atoms with Gasteiger partial charge < -0.3 is 4.90 Å². The van der Waals surface area contributed by atoms with Gasteiger partial charge >= 0.3 is 0 Å². The summed E-state index contributed by atoms with van der Waals surface area (Å²) < 4.78 is 0. The maximum Gasteiger partial charge on any atom is 0.0366 e. The topological polar surface area (TPSA) is 3.24 Å². The van der Waals surface area contributed by atoms with Crippen molar-refractivity contribution in [3.8, 4) is 0 Å². The number of piperidine rings is 1. The zero-order chi connectivity index (χ0) is 9.10. The summed E-state index contributed by atoms with van der Waals surface area (Å²) >= 11 is 0. The lowest BCUT2D eigenvalue weighted by molar-refractivity contribution is 0.476. The lowest BCUT2D eigenvalue weighted by Gasteiger charge is -2.31. The van der Waals surface area contributed by atoms with Gasteiger partial charge in [0.2, 0.25) is 0 Å². The van der Waals surface area contributed by atoms with Crippen LogP contribution in [0.1, 0.15) is 12.8 Å². The Morgan fingerprint density at radius 1 is 1.08 bits per heavy atom. The van der Waals surface area contributed by atoms with Crippen molar-refractivity contribution in [2.75, 3.05) is 18.0 Å². The Kier molecular flexibility index (Phi) is 2.53. The molecule has 0 amide bonds. The molecule has 0 atom stereocenters. The number of para-hydroxylation sites is 1. The van der Waals surface area contributed by atoms with Crippen LogP contribution in [0.25, 0.3) is 0 Å². The van der Waals surface area contributed by atoms with Gasteiger partial charge in [0.05, 0.1) is 0 Å². The summed E-state index contributed by atoms with van der Waals surface area (Å²) in [7, 11) is 0. The third-order valence-electron chi connectivity index (χ3n) is 2.74. The second-order valence-corrected chi connectivity index (χ2v) is 3.77. The van der Waals surface area contributed by atoms with E-state index < -0.39 is 0 Å². The number of rotatable bonds is 1. The van der Waals surface area contributed by atoms with E-state index in [1.54, 1.807) is 0 Å². The van der Waals surface area contributed by atoms with Gasteiger partial charge in [-0.2, -0.15) is 0 Å².